The number of hydrogen-bond donors (Lipinski definition) is 0. The molecule has 0 saturated heterocycles. The van der Waals surface area contributed by atoms with Gasteiger partial charge < -0.3 is 0 Å². The number of halogens is 15. The lowest BCUT2D eigenvalue weighted by atomic mass is 9.83. The summed E-state index contributed by atoms with van der Waals surface area (Å²) in [5.41, 5.74) is -12.4. The second-order valence-corrected chi connectivity index (χ2v) is 9.53. The van der Waals surface area contributed by atoms with Gasteiger partial charge in [0.05, 0.1) is 16.7 Å². The Bertz CT molecular complexity index is 2050. The molecule has 0 bridgehead atoms. The van der Waals surface area contributed by atoms with Crippen molar-refractivity contribution in [3.05, 3.63) is 141 Å². The molecule has 0 nitrogen and oxygen atoms in total. The van der Waals surface area contributed by atoms with E-state index in [-0.39, 0.29) is 5.56 Å². The van der Waals surface area contributed by atoms with Gasteiger partial charge in [0.2, 0.25) is 17.5 Å². The Morgan fingerprint density at radius 3 is 1.02 bits per heavy atom. The summed E-state index contributed by atoms with van der Waals surface area (Å²) in [6.45, 7) is 0. The van der Waals surface area contributed by atoms with E-state index in [9.17, 15) is 39.5 Å². The molecule has 0 spiro atoms. The van der Waals surface area contributed by atoms with Gasteiger partial charge in [-0.15, -0.1) is 0 Å². The van der Waals surface area contributed by atoms with E-state index in [1.54, 1.807) is 0 Å². The summed E-state index contributed by atoms with van der Waals surface area (Å²) in [5.74, 6) is -41.4. The molecule has 0 radical (unpaired) electrons. The van der Waals surface area contributed by atoms with Crippen LogP contribution in [0.3, 0.4) is 0 Å². The van der Waals surface area contributed by atoms with Crippen molar-refractivity contribution < 1.29 is 65.9 Å². The Hall–Kier alpha value is -5.21. The third-order valence-corrected chi connectivity index (χ3v) is 6.89. The predicted octanol–water partition coefficient (Wildman–Crippen LogP) is 10.9. The van der Waals surface area contributed by atoms with E-state index in [0.717, 1.165) is 12.2 Å². The fourth-order valence-electron chi connectivity index (χ4n) is 4.74. The van der Waals surface area contributed by atoms with Crippen LogP contribution in [0.2, 0.25) is 0 Å². The molecule has 0 aliphatic rings. The third kappa shape index (κ3) is 5.19. The highest BCUT2D eigenvalue weighted by Gasteiger charge is 2.37. The zero-order valence-electron chi connectivity index (χ0n) is 22.4. The van der Waals surface area contributed by atoms with Gasteiger partial charge in [0, 0.05) is 11.1 Å². The van der Waals surface area contributed by atoms with Gasteiger partial charge in [0.25, 0.3) is 0 Å². The Balaban J connectivity index is 2.12. The monoisotopic (exact) mass is 678 g/mol. The van der Waals surface area contributed by atoms with Crippen LogP contribution >= 0.6 is 0 Å². The average Bonchev–Trinajstić information content (AvgIpc) is 3.07. The second kappa shape index (κ2) is 12.2. The lowest BCUT2D eigenvalue weighted by Crippen LogP contribution is -2.11. The van der Waals surface area contributed by atoms with Gasteiger partial charge in [-0.05, 0) is 16.7 Å². The molecule has 0 heterocycles. The lowest BCUT2D eigenvalue weighted by molar-refractivity contribution is 0.380. The van der Waals surface area contributed by atoms with E-state index in [0.29, 0.717) is 12.1 Å². The molecule has 5 aromatic rings. The van der Waals surface area contributed by atoms with E-state index in [1.807, 2.05) is 0 Å². The first-order valence-corrected chi connectivity index (χ1v) is 12.6. The van der Waals surface area contributed by atoms with Gasteiger partial charge >= 0.3 is 0 Å². The van der Waals surface area contributed by atoms with Crippen molar-refractivity contribution in [2.45, 2.75) is 0 Å². The molecule has 0 N–H and O–H groups in total. The van der Waals surface area contributed by atoms with Crippen LogP contribution in [0.5, 0.6) is 0 Å². The molecule has 0 aliphatic heterocycles. The fourth-order valence-corrected chi connectivity index (χ4v) is 4.74. The maximum Gasteiger partial charge on any atom is 0.200 e. The molecule has 0 fully saturated rings. The van der Waals surface area contributed by atoms with Crippen molar-refractivity contribution in [3.8, 4) is 33.4 Å². The van der Waals surface area contributed by atoms with Crippen LogP contribution < -0.4 is 0 Å². The number of hydrogen-bond acceptors (Lipinski definition) is 0. The predicted molar refractivity (Wildman–Crippen MR) is 137 cm³/mol. The van der Waals surface area contributed by atoms with Crippen molar-refractivity contribution in [2.75, 3.05) is 0 Å². The van der Waals surface area contributed by atoms with Crippen molar-refractivity contribution >= 4 is 12.2 Å². The fraction of sp³-hybridized carbons (Fsp3) is 0. The molecule has 0 aromatic heterocycles. The molecule has 0 atom stereocenters. The largest absolute Gasteiger partial charge is 0.203 e. The number of benzene rings is 5. The molecule has 5 rings (SSSR count). The molecule has 15 heteroatoms. The summed E-state index contributed by atoms with van der Waals surface area (Å²) in [7, 11) is 0. The topological polar surface area (TPSA) is 0 Å². The molecular weight excluding hydrogens is 669 g/mol. The second-order valence-electron chi connectivity index (χ2n) is 9.53. The minimum atomic E-state index is -2.85. The van der Waals surface area contributed by atoms with E-state index >= 15 is 26.3 Å². The van der Waals surface area contributed by atoms with E-state index in [4.69, 9.17) is 0 Å². The average molecular weight is 678 g/mol. The van der Waals surface area contributed by atoms with Crippen LogP contribution in [0.4, 0.5) is 65.9 Å². The minimum absolute atomic E-state index is 0.234. The Morgan fingerprint density at radius 2 is 0.617 bits per heavy atom. The minimum Gasteiger partial charge on any atom is -0.203 e. The molecule has 0 amide bonds. The summed E-state index contributed by atoms with van der Waals surface area (Å²) in [4.78, 5) is 0. The van der Waals surface area contributed by atoms with Crippen LogP contribution in [0.1, 0.15) is 11.1 Å². The molecule has 242 valence electrons. The van der Waals surface area contributed by atoms with Crippen molar-refractivity contribution in [1.82, 2.24) is 0 Å². The lowest BCUT2D eigenvalue weighted by Gasteiger charge is -2.22. The van der Waals surface area contributed by atoms with Gasteiger partial charge in [-0.3, -0.25) is 0 Å². The van der Waals surface area contributed by atoms with Gasteiger partial charge in [0.1, 0.15) is 0 Å². The van der Waals surface area contributed by atoms with E-state index < -0.39 is 126 Å². The van der Waals surface area contributed by atoms with Gasteiger partial charge in [0.15, 0.2) is 69.8 Å². The maximum atomic E-state index is 15.4. The van der Waals surface area contributed by atoms with Gasteiger partial charge in [-0.1, -0.05) is 54.6 Å². The van der Waals surface area contributed by atoms with Crippen LogP contribution in [0, 0.1) is 87.3 Å². The van der Waals surface area contributed by atoms with Gasteiger partial charge in [-0.2, -0.15) is 0 Å². The van der Waals surface area contributed by atoms with Crippen LogP contribution in [0.15, 0.2) is 42.5 Å². The van der Waals surface area contributed by atoms with Crippen molar-refractivity contribution in [2.24, 2.45) is 0 Å². The Labute approximate surface area is 252 Å². The van der Waals surface area contributed by atoms with E-state index in [1.165, 1.54) is 30.3 Å². The summed E-state index contributed by atoms with van der Waals surface area (Å²) >= 11 is 0. The van der Waals surface area contributed by atoms with Crippen molar-refractivity contribution in [3.63, 3.8) is 0 Å². The molecular formula is C32H9F15. The first-order valence-electron chi connectivity index (χ1n) is 12.6. The SMILES string of the molecule is Fc1c(F)c(F)c(-c2ccc(C=Cc3ccccc3)c(-c3c(F)c(F)c(F)c(F)c3F)c2-c2c(F)c(F)c(F)c(F)c2F)c(F)c1F. The summed E-state index contributed by atoms with van der Waals surface area (Å²) in [6.07, 6.45) is 1.84. The third-order valence-electron chi connectivity index (χ3n) is 6.89. The summed E-state index contributed by atoms with van der Waals surface area (Å²) < 4.78 is 220. The molecule has 0 aliphatic carbocycles. The van der Waals surface area contributed by atoms with Gasteiger partial charge in [-0.25, -0.2) is 65.9 Å². The van der Waals surface area contributed by atoms with Crippen LogP contribution in [-0.4, -0.2) is 0 Å². The van der Waals surface area contributed by atoms with Crippen LogP contribution in [0.25, 0.3) is 45.5 Å². The quantitative estimate of drug-likeness (QED) is 0.0751. The summed E-state index contributed by atoms with van der Waals surface area (Å²) in [6, 6.07) is 8.07. The first-order chi connectivity index (χ1) is 22.1. The molecule has 0 saturated carbocycles. The zero-order valence-corrected chi connectivity index (χ0v) is 22.4. The first kappa shape index (κ1) is 33.2. The standard InChI is InChI=1S/C32H9F15/c33-18-15(19(34)25(40)30(45)24(18)39)12-9-8-11(7-6-10-4-2-1-3-5-10)13(16-20(35)26(41)31(46)27(42)21(16)36)14(12)17-22(37)28(43)32(47)29(44)23(17)38/h1-9H. The summed E-state index contributed by atoms with van der Waals surface area (Å²) in [5, 5.41) is 0. The highest BCUT2D eigenvalue weighted by atomic mass is 19.2. The van der Waals surface area contributed by atoms with Crippen molar-refractivity contribution in [1.29, 1.82) is 0 Å². The highest BCUT2D eigenvalue weighted by Crippen LogP contribution is 2.49. The molecule has 0 unspecified atom stereocenters. The Morgan fingerprint density at radius 1 is 0.277 bits per heavy atom. The normalized spacial score (nSPS) is 11.6. The smallest absolute Gasteiger partial charge is 0.200 e. The zero-order chi connectivity index (χ0) is 34.6. The maximum absolute atomic E-state index is 15.4. The van der Waals surface area contributed by atoms with E-state index in [2.05, 4.69) is 0 Å². The highest BCUT2D eigenvalue weighted by molar-refractivity contribution is 6.00. The number of rotatable bonds is 5. The molecule has 47 heavy (non-hydrogen) atoms. The molecule has 5 aromatic carbocycles. The Kier molecular flexibility index (Phi) is 8.60. The van der Waals surface area contributed by atoms with Crippen LogP contribution in [-0.2, 0) is 0 Å².